The molecule has 2 atom stereocenters. The first-order valence-electron chi connectivity index (χ1n) is 11.3. The number of piperidine rings is 1. The summed E-state index contributed by atoms with van der Waals surface area (Å²) in [5.41, 5.74) is 1.22. The van der Waals surface area contributed by atoms with Crippen LogP contribution in [-0.2, 0) is 11.3 Å². The fourth-order valence-electron chi connectivity index (χ4n) is 5.01. The van der Waals surface area contributed by atoms with Gasteiger partial charge in [0.2, 0.25) is 6.79 Å². The summed E-state index contributed by atoms with van der Waals surface area (Å²) >= 11 is 0. The maximum Gasteiger partial charge on any atom is 0.253 e. The van der Waals surface area contributed by atoms with Gasteiger partial charge in [0.15, 0.2) is 17.3 Å². The predicted octanol–water partition coefficient (Wildman–Crippen LogP) is 2.00. The lowest BCUT2D eigenvalue weighted by Gasteiger charge is -2.33. The lowest BCUT2D eigenvalue weighted by Crippen LogP contribution is -2.39. The predicted molar refractivity (Wildman–Crippen MR) is 115 cm³/mol. The highest BCUT2D eigenvalue weighted by molar-refractivity contribution is 5.83. The highest BCUT2D eigenvalue weighted by Gasteiger charge is 2.32. The summed E-state index contributed by atoms with van der Waals surface area (Å²) in [6.45, 7) is 3.36. The molecule has 3 aliphatic rings. The molecule has 1 N–H and O–H groups in total. The second-order valence-corrected chi connectivity index (χ2v) is 8.70. The summed E-state index contributed by atoms with van der Waals surface area (Å²) in [5, 5.41) is 13.5. The second kappa shape index (κ2) is 8.18. The van der Waals surface area contributed by atoms with Gasteiger partial charge in [-0.25, -0.2) is 4.68 Å². The number of hydrogen-bond donors (Lipinski definition) is 1. The fraction of sp³-hybridized carbons (Fsp3) is 0.545. The molecule has 5 heterocycles. The minimum absolute atomic E-state index is 0.105. The van der Waals surface area contributed by atoms with E-state index in [1.807, 2.05) is 22.9 Å². The number of ether oxygens (including phenoxy) is 3. The molecule has 2 fully saturated rings. The molecule has 0 radical (unpaired) electrons. The summed E-state index contributed by atoms with van der Waals surface area (Å²) in [6, 6.07) is 5.35. The molecule has 168 valence electrons. The van der Waals surface area contributed by atoms with E-state index in [1.165, 1.54) is 6.42 Å². The van der Waals surface area contributed by atoms with Gasteiger partial charge in [0.1, 0.15) is 6.04 Å². The molecule has 2 saturated heterocycles. The number of aromatic amines is 1. The van der Waals surface area contributed by atoms with Crippen LogP contribution in [0.4, 0.5) is 0 Å². The molecule has 0 aliphatic carbocycles. The first kappa shape index (κ1) is 19.7. The van der Waals surface area contributed by atoms with E-state index in [9.17, 15) is 4.79 Å². The van der Waals surface area contributed by atoms with Crippen LogP contribution in [0.2, 0.25) is 0 Å². The summed E-state index contributed by atoms with van der Waals surface area (Å²) in [7, 11) is 0. The molecule has 32 heavy (non-hydrogen) atoms. The lowest BCUT2D eigenvalue weighted by molar-refractivity contribution is 0.0902. The molecule has 0 saturated carbocycles. The van der Waals surface area contributed by atoms with Gasteiger partial charge in [0.25, 0.3) is 5.56 Å². The molecule has 3 aliphatic heterocycles. The van der Waals surface area contributed by atoms with Crippen LogP contribution < -0.4 is 15.0 Å². The third kappa shape index (κ3) is 3.53. The van der Waals surface area contributed by atoms with Crippen molar-refractivity contribution in [3.05, 3.63) is 39.9 Å². The van der Waals surface area contributed by atoms with E-state index in [-0.39, 0.29) is 24.5 Å². The van der Waals surface area contributed by atoms with Crippen molar-refractivity contribution in [3.63, 3.8) is 0 Å². The van der Waals surface area contributed by atoms with E-state index in [0.717, 1.165) is 56.3 Å². The first-order valence-corrected chi connectivity index (χ1v) is 11.3. The number of nitrogens with one attached hydrogen (secondary N) is 1. The number of aromatic nitrogens is 5. The Balaban J connectivity index is 1.45. The van der Waals surface area contributed by atoms with Gasteiger partial charge in [-0.2, -0.15) is 0 Å². The zero-order valence-electron chi connectivity index (χ0n) is 17.8. The molecule has 0 amide bonds. The van der Waals surface area contributed by atoms with Gasteiger partial charge in [0.05, 0.1) is 18.2 Å². The highest BCUT2D eigenvalue weighted by atomic mass is 16.7. The zero-order chi connectivity index (χ0) is 21.5. The van der Waals surface area contributed by atoms with Crippen LogP contribution >= 0.6 is 0 Å². The largest absolute Gasteiger partial charge is 0.454 e. The minimum atomic E-state index is -0.328. The van der Waals surface area contributed by atoms with Crippen molar-refractivity contribution in [2.24, 2.45) is 0 Å². The van der Waals surface area contributed by atoms with Crippen LogP contribution in [0.1, 0.15) is 49.5 Å². The molecule has 0 bridgehead atoms. The smallest absolute Gasteiger partial charge is 0.253 e. The maximum atomic E-state index is 13.3. The number of pyridine rings is 1. The van der Waals surface area contributed by atoms with Crippen molar-refractivity contribution < 1.29 is 14.2 Å². The van der Waals surface area contributed by atoms with Crippen molar-refractivity contribution in [1.82, 2.24) is 30.1 Å². The maximum absolute atomic E-state index is 13.3. The molecule has 3 aromatic rings. The lowest BCUT2D eigenvalue weighted by atomic mass is 10.00. The number of nitrogens with zero attached hydrogens (tertiary/aromatic N) is 5. The Morgan fingerprint density at radius 3 is 2.75 bits per heavy atom. The molecular weight excluding hydrogens is 412 g/mol. The van der Waals surface area contributed by atoms with Crippen molar-refractivity contribution >= 4 is 10.9 Å². The molecule has 0 spiro atoms. The number of H-pyrrole nitrogens is 1. The van der Waals surface area contributed by atoms with E-state index < -0.39 is 0 Å². The normalized spacial score (nSPS) is 21.9. The van der Waals surface area contributed by atoms with Crippen LogP contribution in [0, 0.1) is 0 Å². The Labute approximate surface area is 184 Å². The van der Waals surface area contributed by atoms with Gasteiger partial charge < -0.3 is 19.2 Å². The number of rotatable bonds is 5. The van der Waals surface area contributed by atoms with Crippen molar-refractivity contribution in [3.8, 4) is 11.5 Å². The molecule has 10 heteroatoms. The molecule has 1 aromatic carbocycles. The van der Waals surface area contributed by atoms with E-state index >= 15 is 0 Å². The van der Waals surface area contributed by atoms with E-state index in [1.54, 1.807) is 0 Å². The highest BCUT2D eigenvalue weighted by Crippen LogP contribution is 2.36. The van der Waals surface area contributed by atoms with Gasteiger partial charge in [-0.15, -0.1) is 5.10 Å². The van der Waals surface area contributed by atoms with Gasteiger partial charge >= 0.3 is 0 Å². The molecule has 6 rings (SSSR count). The standard InChI is InChI=1S/C22H26N6O4/c29-22-16(9-14-10-18-19(32-13-31-18)11-17(14)23-22)20(27-6-2-1-3-7-27)21-24-25-26-28(21)12-15-5-4-8-30-15/h9-11,15,20H,1-8,12-13H2,(H,23,29). The topological polar surface area (TPSA) is 107 Å². The van der Waals surface area contributed by atoms with E-state index in [2.05, 4.69) is 25.4 Å². The number of tetrazole rings is 1. The molecular formula is C22H26N6O4. The zero-order valence-corrected chi connectivity index (χ0v) is 17.8. The number of likely N-dealkylation sites (tertiary alicyclic amines) is 1. The Kier molecular flexibility index (Phi) is 5.03. The fourth-order valence-corrected chi connectivity index (χ4v) is 5.01. The number of benzene rings is 1. The Morgan fingerprint density at radius 2 is 1.94 bits per heavy atom. The van der Waals surface area contributed by atoms with Gasteiger partial charge in [-0.3, -0.25) is 9.69 Å². The van der Waals surface area contributed by atoms with Crippen LogP contribution in [0.3, 0.4) is 0 Å². The van der Waals surface area contributed by atoms with Gasteiger partial charge in [-0.05, 0) is 61.3 Å². The van der Waals surface area contributed by atoms with Crippen LogP contribution in [-0.4, -0.2) is 62.7 Å². The molecule has 2 unspecified atom stereocenters. The Bertz CT molecular complexity index is 1180. The van der Waals surface area contributed by atoms with Crippen molar-refractivity contribution in [1.29, 1.82) is 0 Å². The van der Waals surface area contributed by atoms with Crippen molar-refractivity contribution in [2.45, 2.75) is 50.8 Å². The van der Waals surface area contributed by atoms with Crippen LogP contribution in [0.25, 0.3) is 10.9 Å². The molecule has 2 aromatic heterocycles. The summed E-state index contributed by atoms with van der Waals surface area (Å²) in [4.78, 5) is 18.7. The van der Waals surface area contributed by atoms with E-state index in [4.69, 9.17) is 14.2 Å². The minimum Gasteiger partial charge on any atom is -0.454 e. The Hall–Kier alpha value is -2.98. The number of fused-ring (bicyclic) bond motifs is 2. The average molecular weight is 438 g/mol. The third-order valence-corrected chi connectivity index (χ3v) is 6.62. The first-order chi connectivity index (χ1) is 15.8. The third-order valence-electron chi connectivity index (χ3n) is 6.62. The SMILES string of the molecule is O=c1[nH]c2cc3c(cc2cc1C(c1nnnn1CC1CCCO1)N1CCCCC1)OCO3. The van der Waals surface area contributed by atoms with Crippen LogP contribution in [0.5, 0.6) is 11.5 Å². The van der Waals surface area contributed by atoms with Crippen molar-refractivity contribution in [2.75, 3.05) is 26.5 Å². The van der Waals surface area contributed by atoms with Gasteiger partial charge in [0, 0.05) is 23.6 Å². The number of hydrogen-bond acceptors (Lipinski definition) is 8. The van der Waals surface area contributed by atoms with Gasteiger partial charge in [-0.1, -0.05) is 6.42 Å². The summed E-state index contributed by atoms with van der Waals surface area (Å²) < 4.78 is 18.6. The summed E-state index contributed by atoms with van der Waals surface area (Å²) in [6.07, 6.45) is 5.54. The second-order valence-electron chi connectivity index (χ2n) is 8.70. The monoisotopic (exact) mass is 438 g/mol. The average Bonchev–Trinajstić information content (AvgIpc) is 3.57. The quantitative estimate of drug-likeness (QED) is 0.645. The van der Waals surface area contributed by atoms with E-state index in [0.29, 0.717) is 29.4 Å². The van der Waals surface area contributed by atoms with Crippen LogP contribution in [0.15, 0.2) is 23.0 Å². The Morgan fingerprint density at radius 1 is 1.09 bits per heavy atom. The summed E-state index contributed by atoms with van der Waals surface area (Å²) in [5.74, 6) is 2.02. The molecule has 10 nitrogen and oxygen atoms in total.